The molecule has 0 amide bonds. The summed E-state index contributed by atoms with van der Waals surface area (Å²) < 4.78 is 5.01. The van der Waals surface area contributed by atoms with Crippen LogP contribution in [0.1, 0.15) is 31.7 Å². The van der Waals surface area contributed by atoms with Crippen LogP contribution in [-0.2, 0) is 4.79 Å². The number of hydrogen-bond donors (Lipinski definition) is 2. The van der Waals surface area contributed by atoms with Gasteiger partial charge in [-0.3, -0.25) is 0 Å². The summed E-state index contributed by atoms with van der Waals surface area (Å²) >= 11 is 0. The topological polar surface area (TPSA) is 90.6 Å². The molecule has 0 unspecified atom stereocenters. The second-order valence-electron chi connectivity index (χ2n) is 4.26. The molecule has 0 spiro atoms. The summed E-state index contributed by atoms with van der Waals surface area (Å²) in [6.45, 7) is 1.99. The molecule has 0 saturated heterocycles. The highest BCUT2D eigenvalue weighted by Gasteiger charge is 2.16. The molecule has 0 atom stereocenters. The normalized spacial score (nSPS) is 11.4. The molecule has 0 aliphatic rings. The van der Waals surface area contributed by atoms with Crippen molar-refractivity contribution < 1.29 is 19.7 Å². The summed E-state index contributed by atoms with van der Waals surface area (Å²) in [7, 11) is 1.41. The number of phenolic OH excluding ortho intramolecular Hbond substituents is 1. The van der Waals surface area contributed by atoms with Crippen LogP contribution in [0.25, 0.3) is 5.57 Å². The zero-order valence-electron chi connectivity index (χ0n) is 11.5. The second-order valence-corrected chi connectivity index (χ2v) is 4.26. The highest BCUT2D eigenvalue weighted by atomic mass is 16.5. The Morgan fingerprint density at radius 1 is 1.45 bits per heavy atom. The van der Waals surface area contributed by atoms with Gasteiger partial charge in [-0.2, -0.15) is 5.26 Å². The number of unbranched alkanes of at least 4 members (excludes halogenated alkanes) is 1. The van der Waals surface area contributed by atoms with Gasteiger partial charge in [-0.05, 0) is 36.1 Å². The number of allylic oxidation sites excluding steroid dienone is 1. The van der Waals surface area contributed by atoms with E-state index in [0.29, 0.717) is 17.6 Å². The van der Waals surface area contributed by atoms with Crippen molar-refractivity contribution >= 4 is 11.5 Å². The first-order chi connectivity index (χ1) is 9.54. The number of rotatable bonds is 6. The van der Waals surface area contributed by atoms with E-state index in [1.807, 2.05) is 6.92 Å². The van der Waals surface area contributed by atoms with E-state index in [1.54, 1.807) is 18.2 Å². The molecule has 1 aromatic rings. The lowest BCUT2D eigenvalue weighted by Gasteiger charge is -2.11. The van der Waals surface area contributed by atoms with Crippen LogP contribution in [0.5, 0.6) is 11.5 Å². The zero-order chi connectivity index (χ0) is 15.1. The average Bonchev–Trinajstić information content (AvgIpc) is 2.43. The van der Waals surface area contributed by atoms with Gasteiger partial charge in [-0.25, -0.2) is 4.79 Å². The molecule has 0 fully saturated rings. The number of nitrogens with zero attached hydrogens (tertiary/aromatic N) is 1. The molecule has 2 N–H and O–H groups in total. The van der Waals surface area contributed by atoms with Gasteiger partial charge in [-0.15, -0.1) is 0 Å². The highest BCUT2D eigenvalue weighted by molar-refractivity contribution is 6.00. The molecule has 5 nitrogen and oxygen atoms in total. The molecule has 0 radical (unpaired) electrons. The number of phenols is 1. The number of aromatic hydroxyl groups is 1. The van der Waals surface area contributed by atoms with Crippen molar-refractivity contribution in [3.05, 3.63) is 29.3 Å². The monoisotopic (exact) mass is 275 g/mol. The van der Waals surface area contributed by atoms with Crippen LogP contribution in [0.3, 0.4) is 0 Å². The highest BCUT2D eigenvalue weighted by Crippen LogP contribution is 2.32. The maximum atomic E-state index is 11.2. The third kappa shape index (κ3) is 3.51. The Labute approximate surface area is 117 Å². The minimum absolute atomic E-state index is 0.0278. The summed E-state index contributed by atoms with van der Waals surface area (Å²) in [6.07, 6.45) is 2.15. The van der Waals surface area contributed by atoms with Gasteiger partial charge in [0.1, 0.15) is 11.6 Å². The summed E-state index contributed by atoms with van der Waals surface area (Å²) in [4.78, 5) is 11.2. The van der Waals surface area contributed by atoms with E-state index >= 15 is 0 Å². The fraction of sp³-hybridized carbons (Fsp3) is 0.333. The summed E-state index contributed by atoms with van der Waals surface area (Å²) in [6, 6.07) is 6.29. The average molecular weight is 275 g/mol. The quantitative estimate of drug-likeness (QED) is 0.615. The summed E-state index contributed by atoms with van der Waals surface area (Å²) in [5.74, 6) is -1.02. The maximum Gasteiger partial charge on any atom is 0.346 e. The molecule has 0 aliphatic carbocycles. The standard InChI is InChI=1S/C15H17NO4/c1-3-4-5-11(12(9-16)15(18)19)10-6-7-13(17)14(8-10)20-2/h6-8,17H,3-5H2,1-2H3,(H,18,19). The number of ether oxygens (including phenoxy) is 1. The van der Waals surface area contributed by atoms with E-state index in [-0.39, 0.29) is 17.1 Å². The molecule has 5 heteroatoms. The zero-order valence-corrected chi connectivity index (χ0v) is 11.5. The lowest BCUT2D eigenvalue weighted by molar-refractivity contribution is -0.132. The number of benzene rings is 1. The van der Waals surface area contributed by atoms with Gasteiger partial charge in [0.2, 0.25) is 0 Å². The smallest absolute Gasteiger partial charge is 0.346 e. The van der Waals surface area contributed by atoms with Crippen molar-refractivity contribution in [2.24, 2.45) is 0 Å². The minimum Gasteiger partial charge on any atom is -0.504 e. The van der Waals surface area contributed by atoms with E-state index in [4.69, 9.17) is 15.1 Å². The largest absolute Gasteiger partial charge is 0.504 e. The van der Waals surface area contributed by atoms with E-state index in [2.05, 4.69) is 0 Å². The molecule has 0 aromatic heterocycles. The van der Waals surface area contributed by atoms with Crippen molar-refractivity contribution in [3.63, 3.8) is 0 Å². The molecular weight excluding hydrogens is 258 g/mol. The van der Waals surface area contributed by atoms with E-state index < -0.39 is 5.97 Å². The minimum atomic E-state index is -1.24. The molecule has 0 saturated carbocycles. The predicted octanol–water partition coefficient (Wildman–Crippen LogP) is 2.95. The van der Waals surface area contributed by atoms with Gasteiger partial charge in [0, 0.05) is 0 Å². The Kier molecular flexibility index (Phi) is 5.60. The Morgan fingerprint density at radius 3 is 2.65 bits per heavy atom. The first kappa shape index (κ1) is 15.6. The molecular formula is C15H17NO4. The second kappa shape index (κ2) is 7.19. The molecule has 0 bridgehead atoms. The molecule has 0 aliphatic heterocycles. The first-order valence-corrected chi connectivity index (χ1v) is 6.29. The number of carboxylic acid groups (broad SMARTS) is 1. The van der Waals surface area contributed by atoms with Crippen LogP contribution >= 0.6 is 0 Å². The van der Waals surface area contributed by atoms with Crippen molar-refractivity contribution in [1.82, 2.24) is 0 Å². The fourth-order valence-electron chi connectivity index (χ4n) is 1.88. The Bertz CT molecular complexity index is 570. The number of carbonyl (C=O) groups is 1. The third-order valence-corrected chi connectivity index (χ3v) is 2.94. The summed E-state index contributed by atoms with van der Waals surface area (Å²) in [5.41, 5.74) is 0.762. The Hall–Kier alpha value is -2.48. The van der Waals surface area contributed by atoms with Gasteiger partial charge in [0.15, 0.2) is 11.5 Å². The van der Waals surface area contributed by atoms with Crippen LogP contribution in [0.15, 0.2) is 23.8 Å². The lowest BCUT2D eigenvalue weighted by Crippen LogP contribution is -2.03. The van der Waals surface area contributed by atoms with Crippen molar-refractivity contribution in [1.29, 1.82) is 5.26 Å². The van der Waals surface area contributed by atoms with Gasteiger partial charge in [0.05, 0.1) is 7.11 Å². The van der Waals surface area contributed by atoms with Crippen molar-refractivity contribution in [3.8, 4) is 17.6 Å². The number of nitriles is 1. The predicted molar refractivity (Wildman–Crippen MR) is 74.4 cm³/mol. The third-order valence-electron chi connectivity index (χ3n) is 2.94. The van der Waals surface area contributed by atoms with Crippen molar-refractivity contribution in [2.45, 2.75) is 26.2 Å². The van der Waals surface area contributed by atoms with Gasteiger partial charge >= 0.3 is 5.97 Å². The molecule has 0 heterocycles. The molecule has 20 heavy (non-hydrogen) atoms. The molecule has 1 aromatic carbocycles. The van der Waals surface area contributed by atoms with Crippen LogP contribution in [0.4, 0.5) is 0 Å². The van der Waals surface area contributed by atoms with Gasteiger partial charge in [0.25, 0.3) is 0 Å². The van der Waals surface area contributed by atoms with Crippen LogP contribution in [-0.4, -0.2) is 23.3 Å². The fourth-order valence-corrected chi connectivity index (χ4v) is 1.88. The van der Waals surface area contributed by atoms with E-state index in [1.165, 1.54) is 13.2 Å². The van der Waals surface area contributed by atoms with Crippen LogP contribution < -0.4 is 4.74 Å². The number of hydrogen-bond acceptors (Lipinski definition) is 4. The van der Waals surface area contributed by atoms with Crippen LogP contribution in [0.2, 0.25) is 0 Å². The SMILES string of the molecule is CCCCC(=C(C#N)C(=O)O)c1ccc(O)c(OC)c1. The number of methoxy groups -OCH3 is 1. The Morgan fingerprint density at radius 2 is 2.15 bits per heavy atom. The Balaban J connectivity index is 3.38. The maximum absolute atomic E-state index is 11.2. The van der Waals surface area contributed by atoms with E-state index in [0.717, 1.165) is 12.8 Å². The molecule has 106 valence electrons. The van der Waals surface area contributed by atoms with Gasteiger partial charge < -0.3 is 14.9 Å². The van der Waals surface area contributed by atoms with E-state index in [9.17, 15) is 9.90 Å². The van der Waals surface area contributed by atoms with Crippen LogP contribution in [0, 0.1) is 11.3 Å². The number of aliphatic carboxylic acids is 1. The number of carboxylic acids is 1. The van der Waals surface area contributed by atoms with Crippen molar-refractivity contribution in [2.75, 3.05) is 7.11 Å². The first-order valence-electron chi connectivity index (χ1n) is 6.29. The molecule has 1 rings (SSSR count). The lowest BCUT2D eigenvalue weighted by atomic mass is 9.95. The summed E-state index contributed by atoms with van der Waals surface area (Å²) in [5, 5.41) is 27.7. The van der Waals surface area contributed by atoms with Gasteiger partial charge in [-0.1, -0.05) is 19.4 Å².